The number of hydrogen-bond acceptors (Lipinski definition) is 2. The topological polar surface area (TPSA) is 15.3 Å². The normalized spacial score (nSPS) is 20.7. The molecule has 0 aromatic heterocycles. The molecule has 2 rings (SSSR count). The van der Waals surface area contributed by atoms with Crippen LogP contribution in [-0.4, -0.2) is 19.6 Å². The molecule has 1 aliphatic heterocycles. The lowest BCUT2D eigenvalue weighted by Crippen LogP contribution is -2.45. The van der Waals surface area contributed by atoms with Crippen LogP contribution in [0.1, 0.15) is 18.9 Å². The standard InChI is InChI=1S/C12H18N2/c1-10-7-8-14(10)12-5-3-11(4-6-12)9-13-2/h3-6,10,13H,7-9H2,1-2H3. The van der Waals surface area contributed by atoms with E-state index in [2.05, 4.69) is 41.4 Å². The van der Waals surface area contributed by atoms with E-state index < -0.39 is 0 Å². The van der Waals surface area contributed by atoms with Crippen molar-refractivity contribution in [3.63, 3.8) is 0 Å². The number of nitrogens with one attached hydrogen (secondary N) is 1. The van der Waals surface area contributed by atoms with Gasteiger partial charge in [-0.15, -0.1) is 0 Å². The van der Waals surface area contributed by atoms with E-state index in [4.69, 9.17) is 0 Å². The van der Waals surface area contributed by atoms with Crippen LogP contribution < -0.4 is 10.2 Å². The van der Waals surface area contributed by atoms with Gasteiger partial charge in [-0.2, -0.15) is 0 Å². The minimum atomic E-state index is 0.727. The summed E-state index contributed by atoms with van der Waals surface area (Å²) in [5, 5.41) is 3.16. The fraction of sp³-hybridized carbons (Fsp3) is 0.500. The van der Waals surface area contributed by atoms with Gasteiger partial charge in [-0.1, -0.05) is 12.1 Å². The highest BCUT2D eigenvalue weighted by Crippen LogP contribution is 2.25. The second-order valence-corrected chi connectivity index (χ2v) is 4.03. The number of hydrogen-bond donors (Lipinski definition) is 1. The Kier molecular flexibility index (Phi) is 2.73. The SMILES string of the molecule is CNCc1ccc(N2CCC2C)cc1. The molecule has 0 spiro atoms. The van der Waals surface area contributed by atoms with E-state index in [0.29, 0.717) is 0 Å². The number of benzene rings is 1. The Labute approximate surface area is 85.9 Å². The molecule has 0 amide bonds. The van der Waals surface area contributed by atoms with E-state index in [0.717, 1.165) is 12.6 Å². The zero-order valence-corrected chi connectivity index (χ0v) is 8.96. The van der Waals surface area contributed by atoms with Gasteiger partial charge in [0.25, 0.3) is 0 Å². The average Bonchev–Trinajstić information content (AvgIpc) is 2.19. The summed E-state index contributed by atoms with van der Waals surface area (Å²) in [7, 11) is 1.98. The average molecular weight is 190 g/mol. The Balaban J connectivity index is 2.06. The van der Waals surface area contributed by atoms with Gasteiger partial charge >= 0.3 is 0 Å². The molecule has 1 aromatic rings. The summed E-state index contributed by atoms with van der Waals surface area (Å²) in [6.07, 6.45) is 1.33. The summed E-state index contributed by atoms with van der Waals surface area (Å²) in [5.74, 6) is 0. The van der Waals surface area contributed by atoms with Crippen LogP contribution in [-0.2, 0) is 6.54 Å². The van der Waals surface area contributed by atoms with Gasteiger partial charge < -0.3 is 10.2 Å². The molecule has 1 unspecified atom stereocenters. The van der Waals surface area contributed by atoms with Gasteiger partial charge in [0.2, 0.25) is 0 Å². The smallest absolute Gasteiger partial charge is 0.0368 e. The quantitative estimate of drug-likeness (QED) is 0.784. The molecular weight excluding hydrogens is 172 g/mol. The van der Waals surface area contributed by atoms with Gasteiger partial charge in [0.15, 0.2) is 0 Å². The summed E-state index contributed by atoms with van der Waals surface area (Å²) < 4.78 is 0. The molecule has 1 saturated heterocycles. The van der Waals surface area contributed by atoms with Gasteiger partial charge in [-0.3, -0.25) is 0 Å². The van der Waals surface area contributed by atoms with Crippen LogP contribution in [0.25, 0.3) is 0 Å². The first-order chi connectivity index (χ1) is 6.81. The summed E-state index contributed by atoms with van der Waals surface area (Å²) in [6.45, 7) is 4.45. The van der Waals surface area contributed by atoms with E-state index >= 15 is 0 Å². The molecule has 1 N–H and O–H groups in total. The molecule has 1 aliphatic rings. The molecule has 14 heavy (non-hydrogen) atoms. The molecular formula is C12H18N2. The third kappa shape index (κ3) is 1.75. The van der Waals surface area contributed by atoms with E-state index in [1.165, 1.54) is 24.2 Å². The van der Waals surface area contributed by atoms with E-state index in [-0.39, 0.29) is 0 Å². The van der Waals surface area contributed by atoms with Crippen molar-refractivity contribution in [1.82, 2.24) is 5.32 Å². The summed E-state index contributed by atoms with van der Waals surface area (Å²) in [4.78, 5) is 2.45. The molecule has 1 atom stereocenters. The van der Waals surface area contributed by atoms with Gasteiger partial charge in [-0.25, -0.2) is 0 Å². The molecule has 1 fully saturated rings. The van der Waals surface area contributed by atoms with Crippen LogP contribution in [0.5, 0.6) is 0 Å². The lowest BCUT2D eigenvalue weighted by molar-refractivity contribution is 0.481. The maximum atomic E-state index is 3.16. The predicted octanol–water partition coefficient (Wildman–Crippen LogP) is 2.00. The van der Waals surface area contributed by atoms with E-state index in [1.54, 1.807) is 0 Å². The first kappa shape index (κ1) is 9.53. The van der Waals surface area contributed by atoms with Gasteiger partial charge in [-0.05, 0) is 38.1 Å². The molecule has 0 saturated carbocycles. The van der Waals surface area contributed by atoms with Crippen LogP contribution in [0.4, 0.5) is 5.69 Å². The van der Waals surface area contributed by atoms with Crippen molar-refractivity contribution in [2.75, 3.05) is 18.5 Å². The van der Waals surface area contributed by atoms with Crippen molar-refractivity contribution in [3.8, 4) is 0 Å². The van der Waals surface area contributed by atoms with Gasteiger partial charge in [0.1, 0.15) is 0 Å². The minimum Gasteiger partial charge on any atom is -0.369 e. The zero-order chi connectivity index (χ0) is 9.97. The molecule has 0 bridgehead atoms. The minimum absolute atomic E-state index is 0.727. The zero-order valence-electron chi connectivity index (χ0n) is 8.96. The number of rotatable bonds is 3. The van der Waals surface area contributed by atoms with Crippen LogP contribution in [0.2, 0.25) is 0 Å². The summed E-state index contributed by atoms with van der Waals surface area (Å²) in [6, 6.07) is 9.59. The highest BCUT2D eigenvalue weighted by atomic mass is 15.2. The first-order valence-corrected chi connectivity index (χ1v) is 5.31. The fourth-order valence-corrected chi connectivity index (χ4v) is 1.91. The molecule has 0 radical (unpaired) electrons. The van der Waals surface area contributed by atoms with Crippen LogP contribution >= 0.6 is 0 Å². The second kappa shape index (κ2) is 4.01. The van der Waals surface area contributed by atoms with Gasteiger partial charge in [0.05, 0.1) is 0 Å². The van der Waals surface area contributed by atoms with Gasteiger partial charge in [0, 0.05) is 24.8 Å². The Morgan fingerprint density at radius 2 is 2.07 bits per heavy atom. The van der Waals surface area contributed by atoms with Crippen molar-refractivity contribution >= 4 is 5.69 Å². The Hall–Kier alpha value is -1.02. The lowest BCUT2D eigenvalue weighted by atomic mass is 10.0. The van der Waals surface area contributed by atoms with E-state index in [1.807, 2.05) is 7.05 Å². The predicted molar refractivity (Wildman–Crippen MR) is 60.6 cm³/mol. The largest absolute Gasteiger partial charge is 0.369 e. The van der Waals surface area contributed by atoms with Crippen molar-refractivity contribution < 1.29 is 0 Å². The van der Waals surface area contributed by atoms with Crippen LogP contribution in [0, 0.1) is 0 Å². The van der Waals surface area contributed by atoms with Crippen molar-refractivity contribution in [3.05, 3.63) is 29.8 Å². The molecule has 1 aromatic carbocycles. The number of nitrogens with zero attached hydrogens (tertiary/aromatic N) is 1. The Morgan fingerprint density at radius 3 is 2.50 bits per heavy atom. The molecule has 2 nitrogen and oxygen atoms in total. The molecule has 0 aliphatic carbocycles. The Morgan fingerprint density at radius 1 is 1.36 bits per heavy atom. The summed E-state index contributed by atoms with van der Waals surface area (Å²) in [5.41, 5.74) is 2.72. The maximum Gasteiger partial charge on any atom is 0.0368 e. The van der Waals surface area contributed by atoms with Crippen molar-refractivity contribution in [1.29, 1.82) is 0 Å². The Bertz CT molecular complexity index is 292. The van der Waals surface area contributed by atoms with Crippen molar-refractivity contribution in [2.24, 2.45) is 0 Å². The second-order valence-electron chi connectivity index (χ2n) is 4.03. The first-order valence-electron chi connectivity index (χ1n) is 5.31. The van der Waals surface area contributed by atoms with E-state index in [9.17, 15) is 0 Å². The molecule has 2 heteroatoms. The molecule has 1 heterocycles. The van der Waals surface area contributed by atoms with Crippen LogP contribution in [0.15, 0.2) is 24.3 Å². The maximum absolute atomic E-state index is 3.16. The third-order valence-corrected chi connectivity index (χ3v) is 2.97. The summed E-state index contributed by atoms with van der Waals surface area (Å²) >= 11 is 0. The lowest BCUT2D eigenvalue weighted by Gasteiger charge is -2.40. The third-order valence-electron chi connectivity index (χ3n) is 2.97. The highest BCUT2D eigenvalue weighted by Gasteiger charge is 2.23. The fourth-order valence-electron chi connectivity index (χ4n) is 1.91. The highest BCUT2D eigenvalue weighted by molar-refractivity contribution is 5.50. The number of anilines is 1. The van der Waals surface area contributed by atoms with Crippen LogP contribution in [0.3, 0.4) is 0 Å². The molecule has 76 valence electrons. The van der Waals surface area contributed by atoms with Crippen molar-refractivity contribution in [2.45, 2.75) is 25.9 Å². The monoisotopic (exact) mass is 190 g/mol.